The average molecular weight is 441 g/mol. The van der Waals surface area contributed by atoms with Crippen molar-refractivity contribution in [2.24, 2.45) is 0 Å². The lowest BCUT2D eigenvalue weighted by Gasteiger charge is -2.21. The molecule has 0 amide bonds. The van der Waals surface area contributed by atoms with Crippen LogP contribution in [0.15, 0.2) is 39.7 Å². The van der Waals surface area contributed by atoms with Gasteiger partial charge in [-0.05, 0) is 38.1 Å². The van der Waals surface area contributed by atoms with Crippen molar-refractivity contribution in [2.45, 2.75) is 44.7 Å². The van der Waals surface area contributed by atoms with E-state index in [1.807, 2.05) is 18.2 Å². The number of benzene rings is 1. The topological polar surface area (TPSA) is 100.0 Å². The lowest BCUT2D eigenvalue weighted by molar-refractivity contribution is 0.296. The number of hydrogen-bond acceptors (Lipinski definition) is 7. The molecular weight excluding hydrogens is 416 g/mol. The van der Waals surface area contributed by atoms with Crippen LogP contribution in [0.25, 0.3) is 22.0 Å². The minimum atomic E-state index is -0.269. The van der Waals surface area contributed by atoms with Crippen molar-refractivity contribution >= 4 is 33.6 Å². The van der Waals surface area contributed by atoms with Crippen molar-refractivity contribution in [1.82, 2.24) is 19.4 Å². The fourth-order valence-corrected chi connectivity index (χ4v) is 5.19. The van der Waals surface area contributed by atoms with E-state index in [0.29, 0.717) is 17.0 Å². The molecule has 166 valence electrons. The van der Waals surface area contributed by atoms with Crippen LogP contribution in [-0.2, 0) is 13.0 Å². The number of likely N-dealkylation sites (N-methyl/N-ethyl adjacent to an activating group) is 1. The summed E-state index contributed by atoms with van der Waals surface area (Å²) in [6, 6.07) is 9.74. The number of nitrogens with zero attached hydrogens (tertiary/aromatic N) is 5. The molecule has 0 spiro atoms. The largest absolute Gasteiger partial charge is 0.461 e. The van der Waals surface area contributed by atoms with Gasteiger partial charge in [0.05, 0.1) is 0 Å². The van der Waals surface area contributed by atoms with Crippen LogP contribution < -0.4 is 10.9 Å². The first kappa shape index (κ1) is 19.9. The summed E-state index contributed by atoms with van der Waals surface area (Å²) in [7, 11) is 2.12. The average Bonchev–Trinajstić information content (AvgIpc) is 3.46. The predicted octanol–water partition coefficient (Wildman–Crippen LogP) is 4.26. The number of aromatic nitrogens is 3. The zero-order valence-corrected chi connectivity index (χ0v) is 18.5. The third-order valence-electron chi connectivity index (χ3n) is 6.86. The number of fused-ring (bicyclic) bond motifs is 4. The molecule has 0 radical (unpaired) electrons. The second-order valence-corrected chi connectivity index (χ2v) is 9.08. The highest BCUT2D eigenvalue weighted by atomic mass is 16.3. The van der Waals surface area contributed by atoms with Gasteiger partial charge in [-0.25, -0.2) is 4.98 Å². The SMILES string of the molecule is CN1CCc2oc3cc(Nc4ncc5cc(C#N)c(=O)n(C6CCCC6)c5n4)ccc3c2C1. The monoisotopic (exact) mass is 440 g/mol. The molecular formula is C25H24N6O2. The Kier molecular flexibility index (Phi) is 4.66. The van der Waals surface area contributed by atoms with Crippen LogP contribution in [0, 0.1) is 11.3 Å². The minimum absolute atomic E-state index is 0.0694. The maximum absolute atomic E-state index is 13.0. The van der Waals surface area contributed by atoms with Crippen LogP contribution in [0.4, 0.5) is 11.6 Å². The molecule has 3 aromatic heterocycles. The molecule has 0 bridgehead atoms. The Labute approximate surface area is 190 Å². The maximum atomic E-state index is 13.0. The lowest BCUT2D eigenvalue weighted by atomic mass is 10.1. The maximum Gasteiger partial charge on any atom is 0.270 e. The summed E-state index contributed by atoms with van der Waals surface area (Å²) >= 11 is 0. The summed E-state index contributed by atoms with van der Waals surface area (Å²) in [6.45, 7) is 1.89. The first-order valence-corrected chi connectivity index (χ1v) is 11.4. The van der Waals surface area contributed by atoms with E-state index in [-0.39, 0.29) is 17.2 Å². The van der Waals surface area contributed by atoms with Gasteiger partial charge in [-0.2, -0.15) is 10.2 Å². The van der Waals surface area contributed by atoms with Gasteiger partial charge in [0, 0.05) is 59.8 Å². The third-order valence-corrected chi connectivity index (χ3v) is 6.86. The van der Waals surface area contributed by atoms with Crippen molar-refractivity contribution in [3.63, 3.8) is 0 Å². The second kappa shape index (κ2) is 7.71. The van der Waals surface area contributed by atoms with Crippen LogP contribution in [0.5, 0.6) is 0 Å². The quantitative estimate of drug-likeness (QED) is 0.508. The van der Waals surface area contributed by atoms with Crippen LogP contribution in [0.1, 0.15) is 48.6 Å². The summed E-state index contributed by atoms with van der Waals surface area (Å²) in [6.07, 6.45) is 6.59. The van der Waals surface area contributed by atoms with Crippen LogP contribution in [-0.4, -0.2) is 33.0 Å². The number of anilines is 2. The van der Waals surface area contributed by atoms with E-state index in [9.17, 15) is 10.1 Å². The fourth-order valence-electron chi connectivity index (χ4n) is 5.19. The minimum Gasteiger partial charge on any atom is -0.461 e. The molecule has 0 atom stereocenters. The Bertz CT molecular complexity index is 1490. The van der Waals surface area contributed by atoms with Gasteiger partial charge in [-0.15, -0.1) is 0 Å². The highest BCUT2D eigenvalue weighted by Gasteiger charge is 2.23. The van der Waals surface area contributed by atoms with Crippen molar-refractivity contribution in [1.29, 1.82) is 5.26 Å². The molecule has 8 nitrogen and oxygen atoms in total. The molecule has 2 aliphatic rings. The van der Waals surface area contributed by atoms with Gasteiger partial charge in [0.1, 0.15) is 28.6 Å². The van der Waals surface area contributed by atoms with Gasteiger partial charge in [-0.1, -0.05) is 12.8 Å². The molecule has 4 aromatic rings. The summed E-state index contributed by atoms with van der Waals surface area (Å²) < 4.78 is 7.83. The molecule has 1 saturated carbocycles. The molecule has 1 aromatic carbocycles. The summed E-state index contributed by atoms with van der Waals surface area (Å²) in [4.78, 5) is 24.4. The first-order chi connectivity index (χ1) is 16.1. The molecule has 4 heterocycles. The van der Waals surface area contributed by atoms with Crippen molar-refractivity contribution in [2.75, 3.05) is 18.9 Å². The molecule has 0 unspecified atom stereocenters. The number of hydrogen-bond donors (Lipinski definition) is 1. The van der Waals surface area contributed by atoms with Crippen molar-refractivity contribution < 1.29 is 4.42 Å². The number of furan rings is 1. The van der Waals surface area contributed by atoms with E-state index >= 15 is 0 Å². The van der Waals surface area contributed by atoms with E-state index in [2.05, 4.69) is 28.3 Å². The van der Waals surface area contributed by atoms with Crippen LogP contribution in [0.3, 0.4) is 0 Å². The van der Waals surface area contributed by atoms with Gasteiger partial charge >= 0.3 is 0 Å². The molecule has 1 fully saturated rings. The number of pyridine rings is 1. The smallest absolute Gasteiger partial charge is 0.270 e. The van der Waals surface area contributed by atoms with Gasteiger partial charge in [0.2, 0.25) is 5.95 Å². The van der Waals surface area contributed by atoms with E-state index in [0.717, 1.165) is 67.6 Å². The molecule has 1 aliphatic heterocycles. The van der Waals surface area contributed by atoms with Gasteiger partial charge in [0.25, 0.3) is 5.56 Å². The van der Waals surface area contributed by atoms with Crippen molar-refractivity contribution in [3.8, 4) is 6.07 Å². The molecule has 6 rings (SSSR count). The summed E-state index contributed by atoms with van der Waals surface area (Å²) in [5.41, 5.74) is 3.38. The van der Waals surface area contributed by atoms with Gasteiger partial charge in [0.15, 0.2) is 0 Å². The highest BCUT2D eigenvalue weighted by molar-refractivity contribution is 5.86. The second-order valence-electron chi connectivity index (χ2n) is 9.08. The summed E-state index contributed by atoms with van der Waals surface area (Å²) in [5.74, 6) is 1.48. The molecule has 0 saturated heterocycles. The molecule has 33 heavy (non-hydrogen) atoms. The number of nitriles is 1. The van der Waals surface area contributed by atoms with Crippen LogP contribution in [0.2, 0.25) is 0 Å². The number of nitrogens with one attached hydrogen (secondary N) is 1. The van der Waals surface area contributed by atoms with Gasteiger partial charge < -0.3 is 14.6 Å². The standard InChI is InChI=1S/C25H24N6O2/c1-30-9-8-21-20(14-30)19-7-6-17(11-22(19)33-21)28-25-27-13-16-10-15(12-26)24(32)31(23(16)29-25)18-4-2-3-5-18/h6-7,10-11,13,18H,2-5,8-9,14H2,1H3,(H,27,28,29). The zero-order valence-electron chi connectivity index (χ0n) is 18.5. The van der Waals surface area contributed by atoms with E-state index in [1.165, 1.54) is 5.56 Å². The highest BCUT2D eigenvalue weighted by Crippen LogP contribution is 2.33. The Morgan fingerprint density at radius 3 is 2.91 bits per heavy atom. The lowest BCUT2D eigenvalue weighted by Crippen LogP contribution is -2.26. The van der Waals surface area contributed by atoms with Gasteiger partial charge in [-0.3, -0.25) is 9.36 Å². The van der Waals surface area contributed by atoms with E-state index in [4.69, 9.17) is 9.40 Å². The Balaban J connectivity index is 1.40. The van der Waals surface area contributed by atoms with Crippen LogP contribution >= 0.6 is 0 Å². The normalized spacial score (nSPS) is 16.8. The van der Waals surface area contributed by atoms with Crippen molar-refractivity contribution in [3.05, 3.63) is 57.7 Å². The Morgan fingerprint density at radius 2 is 2.09 bits per heavy atom. The third kappa shape index (κ3) is 3.36. The first-order valence-electron chi connectivity index (χ1n) is 11.4. The fraction of sp³-hybridized carbons (Fsp3) is 0.360. The van der Waals surface area contributed by atoms with E-state index < -0.39 is 0 Å². The predicted molar refractivity (Wildman–Crippen MR) is 126 cm³/mol. The Hall–Kier alpha value is -3.70. The number of rotatable bonds is 3. The Morgan fingerprint density at radius 1 is 1.24 bits per heavy atom. The summed E-state index contributed by atoms with van der Waals surface area (Å²) in [5, 5.41) is 14.5. The molecule has 1 N–H and O–H groups in total. The zero-order chi connectivity index (χ0) is 22.5. The molecule has 1 aliphatic carbocycles. The molecule has 8 heteroatoms. The van der Waals surface area contributed by atoms with E-state index in [1.54, 1.807) is 16.8 Å².